The van der Waals surface area contributed by atoms with Crippen molar-refractivity contribution in [3.63, 3.8) is 0 Å². The van der Waals surface area contributed by atoms with E-state index in [2.05, 4.69) is 32.5 Å². The first kappa shape index (κ1) is 51.2. The maximum absolute atomic E-state index is 13.1. The number of nitrogens with one attached hydrogen (secondary N) is 3. The number of hydrogen-bond donors (Lipinski definition) is 5. The molecule has 0 saturated heterocycles. The first-order valence-electron chi connectivity index (χ1n) is 18.6. The Labute approximate surface area is 325 Å². The second kappa shape index (κ2) is 34.7. The maximum atomic E-state index is 13.1. The van der Waals surface area contributed by atoms with Crippen molar-refractivity contribution in [1.82, 2.24) is 16.0 Å². The van der Waals surface area contributed by atoms with E-state index in [1.165, 1.54) is 0 Å². The number of esters is 1. The molecule has 0 radical (unpaired) electrons. The molecule has 21 nitrogen and oxygen atoms in total. The standard InChI is InChI=1S/C35H57N7O14/c1-2-3-4-5-6-7-15-56-35(51)30(41-32(47)25-55-22-21-54-20-19-53-18-17-52-16-14-43)12-13-31(46)40-28(10-8-26(44)23-38-36)33(48)42-29(34(49)50)11-9-27(45)24-39-37/h23-24,28-30,43H,2-22,25H2,1H3,(H,40,46)(H,41,47)(H,42,48)(H,49,50)/t28-,29-,30-/m0/s1. The molecule has 0 aromatic rings. The zero-order chi connectivity index (χ0) is 41.8. The van der Waals surface area contributed by atoms with Gasteiger partial charge in [-0.05, 0) is 25.7 Å². The number of hydrogen-bond acceptors (Lipinski definition) is 13. The fourth-order valence-electron chi connectivity index (χ4n) is 4.70. The predicted octanol–water partition coefficient (Wildman–Crippen LogP) is -0.432. The van der Waals surface area contributed by atoms with E-state index < -0.39 is 85.2 Å². The number of carboxylic acids is 1. The quantitative estimate of drug-likeness (QED) is 0.0175. The normalized spacial score (nSPS) is 12.2. The molecule has 0 saturated carbocycles. The van der Waals surface area contributed by atoms with E-state index in [-0.39, 0.29) is 58.9 Å². The van der Waals surface area contributed by atoms with Gasteiger partial charge in [0.05, 0.1) is 59.5 Å². The lowest BCUT2D eigenvalue weighted by molar-refractivity contribution is -0.149. The molecule has 0 bridgehead atoms. The molecule has 3 atom stereocenters. The van der Waals surface area contributed by atoms with Crippen molar-refractivity contribution < 1.29 is 77.0 Å². The highest BCUT2D eigenvalue weighted by Gasteiger charge is 2.29. The molecule has 0 unspecified atom stereocenters. The monoisotopic (exact) mass is 799 g/mol. The van der Waals surface area contributed by atoms with Gasteiger partial charge in [0.15, 0.2) is 0 Å². The Hall–Kier alpha value is -4.75. The summed E-state index contributed by atoms with van der Waals surface area (Å²) in [7, 11) is 0. The number of carboxylic acid groups (broad SMARTS) is 1. The maximum Gasteiger partial charge on any atom is 0.328 e. The van der Waals surface area contributed by atoms with Crippen molar-refractivity contribution >= 4 is 53.7 Å². The number of rotatable bonds is 37. The van der Waals surface area contributed by atoms with Gasteiger partial charge >= 0.3 is 24.4 Å². The Morgan fingerprint density at radius 1 is 0.607 bits per heavy atom. The molecule has 3 amide bonds. The van der Waals surface area contributed by atoms with Gasteiger partial charge in [-0.1, -0.05) is 39.0 Å². The minimum Gasteiger partial charge on any atom is -0.480 e. The molecule has 0 aromatic heterocycles. The summed E-state index contributed by atoms with van der Waals surface area (Å²) in [5, 5.41) is 25.3. The second-order valence-corrected chi connectivity index (χ2v) is 12.2. The lowest BCUT2D eigenvalue weighted by Gasteiger charge is -2.22. The summed E-state index contributed by atoms with van der Waals surface area (Å²) in [6, 6.07) is -4.35. The highest BCUT2D eigenvalue weighted by molar-refractivity contribution is 6.25. The van der Waals surface area contributed by atoms with Crippen LogP contribution in [-0.4, -0.2) is 158 Å². The van der Waals surface area contributed by atoms with E-state index in [4.69, 9.17) is 39.9 Å². The van der Waals surface area contributed by atoms with Crippen LogP contribution in [0.2, 0.25) is 0 Å². The number of nitrogens with zero attached hydrogens (tertiary/aromatic N) is 4. The van der Waals surface area contributed by atoms with Crippen LogP contribution in [0.5, 0.6) is 0 Å². The van der Waals surface area contributed by atoms with Crippen LogP contribution in [0.3, 0.4) is 0 Å². The number of Topliss-reactive ketones (excluding diaryl/α,β-unsaturated/α-hetero) is 2. The molecular weight excluding hydrogens is 742 g/mol. The second-order valence-electron chi connectivity index (χ2n) is 12.2. The van der Waals surface area contributed by atoms with Crippen LogP contribution in [0, 0.1) is 0 Å². The molecule has 0 aliphatic carbocycles. The van der Waals surface area contributed by atoms with Crippen LogP contribution in [0.1, 0.15) is 84.0 Å². The van der Waals surface area contributed by atoms with Gasteiger partial charge in [0.25, 0.3) is 0 Å². The van der Waals surface area contributed by atoms with Crippen molar-refractivity contribution in [3.8, 4) is 0 Å². The predicted molar refractivity (Wildman–Crippen MR) is 195 cm³/mol. The lowest BCUT2D eigenvalue weighted by Crippen LogP contribution is -2.52. The van der Waals surface area contributed by atoms with Gasteiger partial charge in [0, 0.05) is 19.3 Å². The number of amides is 3. The summed E-state index contributed by atoms with van der Waals surface area (Å²) in [4.78, 5) is 92.4. The van der Waals surface area contributed by atoms with Crippen LogP contribution in [0.4, 0.5) is 0 Å². The minimum atomic E-state index is -1.59. The molecule has 316 valence electrons. The third-order valence-corrected chi connectivity index (χ3v) is 7.64. The van der Waals surface area contributed by atoms with Gasteiger partial charge in [-0.3, -0.25) is 24.0 Å². The van der Waals surface area contributed by atoms with E-state index in [1.54, 1.807) is 0 Å². The molecule has 56 heavy (non-hydrogen) atoms. The Bertz CT molecular complexity index is 1310. The SMILES string of the molecule is CCCCCCCCOC(=O)[C@H](CCC(=O)N[C@@H](CCC(=O)C=[N+]=[N-])C(=O)N[C@@H](CCC(=O)C=[N+]=[N-])C(=O)O)NC(=O)COCCOCCOCCOCCO. The van der Waals surface area contributed by atoms with Gasteiger partial charge < -0.3 is 60.9 Å². The van der Waals surface area contributed by atoms with E-state index in [0.717, 1.165) is 32.1 Å². The number of aliphatic hydroxyl groups excluding tert-OH is 1. The summed E-state index contributed by atoms with van der Waals surface area (Å²) in [5.41, 5.74) is 17.1. The van der Waals surface area contributed by atoms with Crippen LogP contribution in [0.25, 0.3) is 11.1 Å². The number of unbranched alkanes of at least 4 members (excludes halogenated alkanes) is 5. The zero-order valence-electron chi connectivity index (χ0n) is 32.0. The summed E-state index contributed by atoms with van der Waals surface area (Å²) in [5.74, 6) is -6.20. The minimum absolute atomic E-state index is 0.0503. The van der Waals surface area contributed by atoms with E-state index >= 15 is 0 Å². The highest BCUT2D eigenvalue weighted by Crippen LogP contribution is 2.08. The Morgan fingerprint density at radius 3 is 1.66 bits per heavy atom. The Kier molecular flexibility index (Phi) is 31.8. The van der Waals surface area contributed by atoms with Crippen molar-refractivity contribution in [2.45, 2.75) is 102 Å². The van der Waals surface area contributed by atoms with Gasteiger partial charge in [0.1, 0.15) is 24.7 Å². The fourth-order valence-corrected chi connectivity index (χ4v) is 4.70. The van der Waals surface area contributed by atoms with Crippen molar-refractivity contribution in [3.05, 3.63) is 11.1 Å². The van der Waals surface area contributed by atoms with E-state index in [1.807, 2.05) is 0 Å². The average Bonchev–Trinajstić information content (AvgIpc) is 3.16. The molecule has 0 aliphatic rings. The fraction of sp³-hybridized carbons (Fsp3) is 0.743. The summed E-state index contributed by atoms with van der Waals surface area (Å²) in [6.07, 6.45) is 4.57. The third kappa shape index (κ3) is 28.7. The number of ether oxygens (including phenoxy) is 5. The Morgan fingerprint density at radius 2 is 1.11 bits per heavy atom. The third-order valence-electron chi connectivity index (χ3n) is 7.64. The smallest absolute Gasteiger partial charge is 0.328 e. The van der Waals surface area contributed by atoms with Crippen molar-refractivity contribution in [2.24, 2.45) is 0 Å². The molecule has 0 rings (SSSR count). The first-order valence-corrected chi connectivity index (χ1v) is 18.6. The number of aliphatic carboxylic acids is 1. The van der Waals surface area contributed by atoms with Crippen molar-refractivity contribution in [2.75, 3.05) is 66.1 Å². The van der Waals surface area contributed by atoms with Crippen LogP contribution < -0.4 is 16.0 Å². The number of ketones is 2. The van der Waals surface area contributed by atoms with Crippen LogP contribution in [-0.2, 0) is 57.2 Å². The highest BCUT2D eigenvalue weighted by atomic mass is 16.6. The largest absolute Gasteiger partial charge is 0.480 e. The van der Waals surface area contributed by atoms with E-state index in [9.17, 15) is 38.7 Å². The molecule has 0 aromatic carbocycles. The van der Waals surface area contributed by atoms with Gasteiger partial charge in [-0.2, -0.15) is 9.58 Å². The first-order chi connectivity index (χ1) is 27.0. The van der Waals surface area contributed by atoms with Gasteiger partial charge in [-0.25, -0.2) is 9.59 Å². The van der Waals surface area contributed by atoms with Gasteiger partial charge in [0.2, 0.25) is 29.3 Å². The summed E-state index contributed by atoms with van der Waals surface area (Å²) < 4.78 is 26.4. The molecule has 5 N–H and O–H groups in total. The average molecular weight is 800 g/mol. The molecular formula is C35H57N7O14. The molecule has 0 aliphatic heterocycles. The molecule has 21 heteroatoms. The van der Waals surface area contributed by atoms with Crippen molar-refractivity contribution in [1.29, 1.82) is 0 Å². The summed E-state index contributed by atoms with van der Waals surface area (Å²) in [6.45, 7) is 3.34. The van der Waals surface area contributed by atoms with Crippen LogP contribution in [0.15, 0.2) is 0 Å². The molecule has 0 heterocycles. The molecule has 0 spiro atoms. The molecule has 0 fully saturated rings. The number of aliphatic hydroxyl groups is 1. The van der Waals surface area contributed by atoms with Crippen LogP contribution >= 0.6 is 0 Å². The topological polar surface area (TPSA) is 315 Å². The number of carbonyl (C=O) groups is 7. The lowest BCUT2D eigenvalue weighted by atomic mass is 10.0. The van der Waals surface area contributed by atoms with Gasteiger partial charge in [-0.15, -0.1) is 0 Å². The van der Waals surface area contributed by atoms with E-state index in [0.29, 0.717) is 38.7 Å². The Balaban J connectivity index is 5.38. The number of carbonyl (C=O) groups excluding carboxylic acids is 6. The summed E-state index contributed by atoms with van der Waals surface area (Å²) >= 11 is 0. The zero-order valence-corrected chi connectivity index (χ0v) is 32.0.